The van der Waals surface area contributed by atoms with Crippen LogP contribution in [0.3, 0.4) is 0 Å². The number of benzene rings is 2. The zero-order valence-corrected chi connectivity index (χ0v) is 16.7. The molecule has 0 fully saturated rings. The first-order valence-electron chi connectivity index (χ1n) is 9.62. The molecule has 158 valence electrons. The second-order valence-corrected chi connectivity index (χ2v) is 7.39. The van der Waals surface area contributed by atoms with Gasteiger partial charge >= 0.3 is 0 Å². The molecule has 8 heteroatoms. The SMILES string of the molecule is CC(NC(=O)Cc1cc(F)cc(F)c1)C(=O)NC1C(=O)N(C)CCc2ccccc21. The Morgan fingerprint density at radius 1 is 1.17 bits per heavy atom. The standard InChI is InChI=1S/C22H23F2N3O3/c1-13(25-19(28)11-14-9-16(23)12-17(24)10-14)21(29)26-20-18-6-4-3-5-15(18)7-8-27(2)22(20)30/h3-6,9-10,12-13,20H,7-8,11H2,1-2H3,(H,25,28)(H,26,29). The number of nitrogens with zero attached hydrogens (tertiary/aromatic N) is 1. The molecule has 0 saturated heterocycles. The van der Waals surface area contributed by atoms with Crippen molar-refractivity contribution in [2.75, 3.05) is 13.6 Å². The molecule has 6 nitrogen and oxygen atoms in total. The van der Waals surface area contributed by atoms with Gasteiger partial charge in [-0.1, -0.05) is 24.3 Å². The second kappa shape index (κ2) is 9.02. The zero-order chi connectivity index (χ0) is 21.8. The number of rotatable bonds is 5. The Kier molecular flexibility index (Phi) is 6.44. The van der Waals surface area contributed by atoms with Crippen LogP contribution >= 0.6 is 0 Å². The molecule has 1 aliphatic rings. The molecular weight excluding hydrogens is 392 g/mol. The van der Waals surface area contributed by atoms with Crippen LogP contribution in [0.2, 0.25) is 0 Å². The molecule has 2 unspecified atom stereocenters. The predicted molar refractivity (Wildman–Crippen MR) is 106 cm³/mol. The molecule has 0 aliphatic carbocycles. The Bertz CT molecular complexity index is 960. The minimum atomic E-state index is -0.940. The smallest absolute Gasteiger partial charge is 0.249 e. The van der Waals surface area contributed by atoms with Gasteiger partial charge in [-0.15, -0.1) is 0 Å². The molecule has 0 saturated carbocycles. The second-order valence-electron chi connectivity index (χ2n) is 7.39. The molecule has 0 bridgehead atoms. The lowest BCUT2D eigenvalue weighted by molar-refractivity contribution is -0.136. The van der Waals surface area contributed by atoms with Crippen molar-refractivity contribution < 1.29 is 23.2 Å². The predicted octanol–water partition coefficient (Wildman–Crippen LogP) is 1.88. The van der Waals surface area contributed by atoms with Gasteiger partial charge in [0.1, 0.15) is 23.7 Å². The maximum absolute atomic E-state index is 13.3. The molecule has 3 amide bonds. The van der Waals surface area contributed by atoms with Crippen molar-refractivity contribution >= 4 is 17.7 Å². The fraction of sp³-hybridized carbons (Fsp3) is 0.318. The fourth-order valence-corrected chi connectivity index (χ4v) is 3.46. The van der Waals surface area contributed by atoms with Crippen LogP contribution in [0.5, 0.6) is 0 Å². The molecule has 1 heterocycles. The summed E-state index contributed by atoms with van der Waals surface area (Å²) in [6.07, 6.45) is 0.404. The third kappa shape index (κ3) is 5.00. The molecule has 2 aromatic rings. The van der Waals surface area contributed by atoms with Crippen LogP contribution in [0, 0.1) is 11.6 Å². The molecule has 2 aromatic carbocycles. The van der Waals surface area contributed by atoms with E-state index in [1.807, 2.05) is 12.1 Å². The summed E-state index contributed by atoms with van der Waals surface area (Å²) in [4.78, 5) is 39.2. The highest BCUT2D eigenvalue weighted by molar-refractivity contribution is 5.93. The van der Waals surface area contributed by atoms with Gasteiger partial charge in [-0.25, -0.2) is 8.78 Å². The molecule has 30 heavy (non-hydrogen) atoms. The van der Waals surface area contributed by atoms with E-state index in [0.29, 0.717) is 13.0 Å². The van der Waals surface area contributed by atoms with Crippen molar-refractivity contribution in [2.45, 2.75) is 31.8 Å². The highest BCUT2D eigenvalue weighted by Gasteiger charge is 2.31. The summed E-state index contributed by atoms with van der Waals surface area (Å²) in [7, 11) is 1.68. The molecular formula is C22H23F2N3O3. The third-order valence-corrected chi connectivity index (χ3v) is 5.05. The van der Waals surface area contributed by atoms with E-state index in [0.717, 1.165) is 29.3 Å². The first-order valence-corrected chi connectivity index (χ1v) is 9.62. The number of likely N-dealkylation sites (N-methyl/N-ethyl adjacent to an activating group) is 1. The van der Waals surface area contributed by atoms with E-state index in [-0.39, 0.29) is 17.9 Å². The summed E-state index contributed by atoms with van der Waals surface area (Å²) < 4.78 is 26.6. The molecule has 2 atom stereocenters. The minimum absolute atomic E-state index is 0.159. The topological polar surface area (TPSA) is 78.5 Å². The minimum Gasteiger partial charge on any atom is -0.344 e. The maximum atomic E-state index is 13.3. The van der Waals surface area contributed by atoms with E-state index in [4.69, 9.17) is 0 Å². The van der Waals surface area contributed by atoms with Crippen molar-refractivity contribution in [2.24, 2.45) is 0 Å². The van der Waals surface area contributed by atoms with E-state index in [1.165, 1.54) is 6.92 Å². The Morgan fingerprint density at radius 2 is 1.83 bits per heavy atom. The lowest BCUT2D eigenvalue weighted by Crippen LogP contribution is -2.49. The maximum Gasteiger partial charge on any atom is 0.249 e. The van der Waals surface area contributed by atoms with Crippen LogP contribution in [0.1, 0.15) is 29.7 Å². The van der Waals surface area contributed by atoms with Crippen molar-refractivity contribution in [3.63, 3.8) is 0 Å². The van der Waals surface area contributed by atoms with Gasteiger partial charge in [0, 0.05) is 19.7 Å². The monoisotopic (exact) mass is 415 g/mol. The summed E-state index contributed by atoms with van der Waals surface area (Å²) in [6, 6.07) is 8.46. The van der Waals surface area contributed by atoms with Gasteiger partial charge in [0.15, 0.2) is 0 Å². The van der Waals surface area contributed by atoms with Crippen LogP contribution in [0.15, 0.2) is 42.5 Å². The van der Waals surface area contributed by atoms with Gasteiger partial charge in [-0.2, -0.15) is 0 Å². The first-order chi connectivity index (χ1) is 14.2. The van der Waals surface area contributed by atoms with E-state index in [9.17, 15) is 23.2 Å². The number of halogens is 2. The molecule has 2 N–H and O–H groups in total. The Balaban J connectivity index is 1.67. The normalized spacial score (nSPS) is 17.0. The van der Waals surface area contributed by atoms with Gasteiger partial charge in [-0.05, 0) is 42.2 Å². The number of hydrogen-bond acceptors (Lipinski definition) is 3. The third-order valence-electron chi connectivity index (χ3n) is 5.05. The average Bonchev–Trinajstić information content (AvgIpc) is 2.79. The summed E-state index contributed by atoms with van der Waals surface area (Å²) in [5.41, 5.74) is 1.87. The van der Waals surface area contributed by atoms with E-state index in [2.05, 4.69) is 10.6 Å². The Hall–Kier alpha value is -3.29. The molecule has 3 rings (SSSR count). The molecule has 0 spiro atoms. The largest absolute Gasteiger partial charge is 0.344 e. The highest BCUT2D eigenvalue weighted by Crippen LogP contribution is 2.24. The highest BCUT2D eigenvalue weighted by atomic mass is 19.1. The van der Waals surface area contributed by atoms with E-state index >= 15 is 0 Å². The average molecular weight is 415 g/mol. The van der Waals surface area contributed by atoms with Crippen LogP contribution < -0.4 is 10.6 Å². The number of carbonyl (C=O) groups excluding carboxylic acids is 3. The quantitative estimate of drug-likeness (QED) is 0.783. The van der Waals surface area contributed by atoms with Gasteiger partial charge in [-0.3, -0.25) is 14.4 Å². The van der Waals surface area contributed by atoms with Crippen LogP contribution in [0.25, 0.3) is 0 Å². The van der Waals surface area contributed by atoms with Crippen LogP contribution in [-0.2, 0) is 27.2 Å². The molecule has 0 aromatic heterocycles. The molecule has 1 aliphatic heterocycles. The summed E-state index contributed by atoms with van der Waals surface area (Å²) >= 11 is 0. The van der Waals surface area contributed by atoms with Gasteiger partial charge in [0.2, 0.25) is 17.7 Å². The number of amides is 3. The zero-order valence-electron chi connectivity index (χ0n) is 16.7. The fourth-order valence-electron chi connectivity index (χ4n) is 3.46. The van der Waals surface area contributed by atoms with Crippen molar-refractivity contribution in [1.82, 2.24) is 15.5 Å². The van der Waals surface area contributed by atoms with E-state index < -0.39 is 35.5 Å². The van der Waals surface area contributed by atoms with Crippen molar-refractivity contribution in [3.8, 4) is 0 Å². The number of hydrogen-bond donors (Lipinski definition) is 2. The van der Waals surface area contributed by atoms with Gasteiger partial charge in [0.05, 0.1) is 6.42 Å². The lowest BCUT2D eigenvalue weighted by atomic mass is 9.99. The Labute approximate surface area is 173 Å². The van der Waals surface area contributed by atoms with Crippen molar-refractivity contribution in [3.05, 3.63) is 70.8 Å². The number of carbonyl (C=O) groups is 3. The van der Waals surface area contributed by atoms with Crippen molar-refractivity contribution in [1.29, 1.82) is 0 Å². The molecule has 0 radical (unpaired) electrons. The summed E-state index contributed by atoms with van der Waals surface area (Å²) in [5.74, 6) is -2.89. The van der Waals surface area contributed by atoms with Crippen LogP contribution in [0.4, 0.5) is 8.78 Å². The lowest BCUT2D eigenvalue weighted by Gasteiger charge is -2.24. The number of fused-ring (bicyclic) bond motifs is 1. The first kappa shape index (κ1) is 21.4. The van der Waals surface area contributed by atoms with Gasteiger partial charge in [0.25, 0.3) is 0 Å². The summed E-state index contributed by atoms with van der Waals surface area (Å²) in [6.45, 7) is 2.02. The van der Waals surface area contributed by atoms with E-state index in [1.54, 1.807) is 24.1 Å². The van der Waals surface area contributed by atoms with Crippen LogP contribution in [-0.4, -0.2) is 42.3 Å². The Morgan fingerprint density at radius 3 is 2.53 bits per heavy atom. The summed E-state index contributed by atoms with van der Waals surface area (Å²) in [5, 5.41) is 5.22. The van der Waals surface area contributed by atoms with Gasteiger partial charge < -0.3 is 15.5 Å². The number of nitrogens with one attached hydrogen (secondary N) is 2.